The predicted molar refractivity (Wildman–Crippen MR) is 81.1 cm³/mol. The second-order valence-electron chi connectivity index (χ2n) is 4.14. The summed E-state index contributed by atoms with van der Waals surface area (Å²) < 4.78 is 0. The number of thiol groups is 2. The maximum absolute atomic E-state index is 4.30. The average Bonchev–Trinajstić information content (AvgIpc) is 2.29. The minimum Gasteiger partial charge on any atom is -0.297 e. The minimum absolute atomic E-state index is 0.665. The Balaban J connectivity index is 0.00000106. The van der Waals surface area contributed by atoms with Crippen LogP contribution in [0.5, 0.6) is 0 Å². The summed E-state index contributed by atoms with van der Waals surface area (Å²) in [5.74, 6) is 1.92. The van der Waals surface area contributed by atoms with Gasteiger partial charge in [0.2, 0.25) is 0 Å². The van der Waals surface area contributed by atoms with E-state index in [1.807, 2.05) is 13.8 Å². The fraction of sp³-hybridized carbons (Fsp3) is 1.00. The Hall–Kier alpha value is 0.620. The van der Waals surface area contributed by atoms with Crippen LogP contribution in [0.3, 0.4) is 0 Å². The molecule has 1 aliphatic heterocycles. The van der Waals surface area contributed by atoms with Crippen LogP contribution < -0.4 is 0 Å². The van der Waals surface area contributed by atoms with Crippen LogP contribution in [0.15, 0.2) is 0 Å². The predicted octanol–water partition coefficient (Wildman–Crippen LogP) is 2.27. The van der Waals surface area contributed by atoms with E-state index in [4.69, 9.17) is 0 Å². The van der Waals surface area contributed by atoms with Crippen LogP contribution in [0, 0.1) is 0 Å². The van der Waals surface area contributed by atoms with Gasteiger partial charge >= 0.3 is 0 Å². The van der Waals surface area contributed by atoms with Crippen molar-refractivity contribution < 1.29 is 0 Å². The van der Waals surface area contributed by atoms with E-state index in [1.165, 1.54) is 13.1 Å². The van der Waals surface area contributed by atoms with Gasteiger partial charge in [-0.3, -0.25) is 9.80 Å². The third-order valence-electron chi connectivity index (χ3n) is 3.02. The lowest BCUT2D eigenvalue weighted by atomic mass is 10.1. The normalized spacial score (nSPS) is 27.4. The van der Waals surface area contributed by atoms with Gasteiger partial charge in [0.25, 0.3) is 0 Å². The van der Waals surface area contributed by atoms with Crippen molar-refractivity contribution in [3.63, 3.8) is 0 Å². The summed E-state index contributed by atoms with van der Waals surface area (Å²) in [6, 6.07) is 1.33. The highest BCUT2D eigenvalue weighted by molar-refractivity contribution is 7.80. The molecule has 1 fully saturated rings. The Labute approximate surface area is 113 Å². The lowest BCUT2D eigenvalue weighted by Gasteiger charge is -2.44. The maximum atomic E-state index is 4.30. The SMILES string of the molecule is CC.CC1CN(CCS)C(C)CN1CCS. The molecule has 98 valence electrons. The van der Waals surface area contributed by atoms with Crippen LogP contribution in [0.1, 0.15) is 27.7 Å². The molecule has 2 nitrogen and oxygen atoms in total. The van der Waals surface area contributed by atoms with Crippen molar-refractivity contribution in [2.24, 2.45) is 0 Å². The number of hydrogen-bond acceptors (Lipinski definition) is 4. The Morgan fingerprint density at radius 2 is 1.19 bits per heavy atom. The zero-order chi connectivity index (χ0) is 12.6. The highest BCUT2D eigenvalue weighted by Crippen LogP contribution is 2.14. The standard InChI is InChI=1S/C10H22N2S2.C2H6/c1-9-7-12(4-6-14)10(2)8-11(9)3-5-13;1-2/h9-10,13-14H,3-8H2,1-2H3;1-2H3. The molecule has 0 spiro atoms. The third kappa shape index (κ3) is 5.30. The first-order chi connectivity index (χ1) is 7.69. The largest absolute Gasteiger partial charge is 0.297 e. The van der Waals surface area contributed by atoms with Gasteiger partial charge in [-0.2, -0.15) is 25.3 Å². The Bertz CT molecular complexity index is 149. The molecular formula is C12H28N2S2. The van der Waals surface area contributed by atoms with E-state index in [0.29, 0.717) is 12.1 Å². The molecule has 0 aromatic rings. The van der Waals surface area contributed by atoms with Crippen LogP contribution in [0.2, 0.25) is 0 Å². The van der Waals surface area contributed by atoms with Gasteiger partial charge in [0.15, 0.2) is 0 Å². The second-order valence-corrected chi connectivity index (χ2v) is 5.03. The van der Waals surface area contributed by atoms with E-state index < -0.39 is 0 Å². The Morgan fingerprint density at radius 1 is 0.875 bits per heavy atom. The smallest absolute Gasteiger partial charge is 0.0196 e. The van der Waals surface area contributed by atoms with Gasteiger partial charge in [-0.1, -0.05) is 13.8 Å². The summed E-state index contributed by atoms with van der Waals surface area (Å²) in [5.41, 5.74) is 0. The summed E-state index contributed by atoms with van der Waals surface area (Å²) in [4.78, 5) is 5.07. The van der Waals surface area contributed by atoms with Crippen molar-refractivity contribution in [3.05, 3.63) is 0 Å². The molecule has 1 heterocycles. The molecule has 2 unspecified atom stereocenters. The topological polar surface area (TPSA) is 6.48 Å². The van der Waals surface area contributed by atoms with Gasteiger partial charge in [0.05, 0.1) is 0 Å². The molecule has 1 saturated heterocycles. The fourth-order valence-electron chi connectivity index (χ4n) is 2.15. The number of piperazine rings is 1. The van der Waals surface area contributed by atoms with Crippen LogP contribution in [-0.4, -0.2) is 59.6 Å². The van der Waals surface area contributed by atoms with Gasteiger partial charge in [-0.25, -0.2) is 0 Å². The summed E-state index contributed by atoms with van der Waals surface area (Å²) >= 11 is 8.59. The number of rotatable bonds is 4. The van der Waals surface area contributed by atoms with Gasteiger partial charge in [0, 0.05) is 49.8 Å². The summed E-state index contributed by atoms with van der Waals surface area (Å²) in [5, 5.41) is 0. The molecule has 16 heavy (non-hydrogen) atoms. The molecule has 1 aliphatic rings. The first-order valence-corrected chi connectivity index (χ1v) is 7.65. The van der Waals surface area contributed by atoms with Crippen LogP contribution >= 0.6 is 25.3 Å². The van der Waals surface area contributed by atoms with E-state index in [9.17, 15) is 0 Å². The van der Waals surface area contributed by atoms with Crippen LogP contribution in [0.4, 0.5) is 0 Å². The van der Waals surface area contributed by atoms with Gasteiger partial charge in [0.1, 0.15) is 0 Å². The van der Waals surface area contributed by atoms with Crippen molar-refractivity contribution >= 4 is 25.3 Å². The lowest BCUT2D eigenvalue weighted by molar-refractivity contribution is 0.0517. The highest BCUT2D eigenvalue weighted by atomic mass is 32.1. The van der Waals surface area contributed by atoms with Gasteiger partial charge in [-0.05, 0) is 13.8 Å². The molecule has 2 atom stereocenters. The van der Waals surface area contributed by atoms with Crippen molar-refractivity contribution in [1.29, 1.82) is 0 Å². The van der Waals surface area contributed by atoms with Crippen LogP contribution in [0.25, 0.3) is 0 Å². The molecule has 4 heteroatoms. The Kier molecular flexibility index (Phi) is 10.0. The molecule has 0 saturated carbocycles. The first kappa shape index (κ1) is 16.6. The average molecular weight is 265 g/mol. The monoisotopic (exact) mass is 264 g/mol. The third-order valence-corrected chi connectivity index (χ3v) is 3.42. The van der Waals surface area contributed by atoms with E-state index in [-0.39, 0.29) is 0 Å². The molecule has 0 bridgehead atoms. The summed E-state index contributed by atoms with van der Waals surface area (Å²) in [6.45, 7) is 13.2. The molecule has 0 aliphatic carbocycles. The quantitative estimate of drug-likeness (QED) is 0.752. The van der Waals surface area contributed by atoms with Crippen molar-refractivity contribution in [1.82, 2.24) is 9.80 Å². The van der Waals surface area contributed by atoms with E-state index in [1.54, 1.807) is 0 Å². The molecular weight excluding hydrogens is 236 g/mol. The molecule has 0 aromatic heterocycles. The number of nitrogens with zero attached hydrogens (tertiary/aromatic N) is 2. The number of hydrogen-bond donors (Lipinski definition) is 2. The zero-order valence-corrected chi connectivity index (χ0v) is 13.0. The Morgan fingerprint density at radius 3 is 1.44 bits per heavy atom. The molecule has 0 amide bonds. The molecule has 0 radical (unpaired) electrons. The first-order valence-electron chi connectivity index (χ1n) is 6.38. The van der Waals surface area contributed by atoms with Crippen molar-refractivity contribution in [3.8, 4) is 0 Å². The maximum Gasteiger partial charge on any atom is 0.0196 e. The minimum atomic E-state index is 0.665. The van der Waals surface area contributed by atoms with Crippen molar-refractivity contribution in [2.75, 3.05) is 37.7 Å². The van der Waals surface area contributed by atoms with Crippen LogP contribution in [-0.2, 0) is 0 Å². The molecule has 0 N–H and O–H groups in total. The fourth-order valence-corrected chi connectivity index (χ4v) is 2.66. The van der Waals surface area contributed by atoms with E-state index in [0.717, 1.165) is 24.6 Å². The summed E-state index contributed by atoms with van der Waals surface area (Å²) in [7, 11) is 0. The van der Waals surface area contributed by atoms with Crippen molar-refractivity contribution in [2.45, 2.75) is 39.8 Å². The highest BCUT2D eigenvalue weighted by Gasteiger charge is 2.27. The van der Waals surface area contributed by atoms with E-state index >= 15 is 0 Å². The van der Waals surface area contributed by atoms with Gasteiger partial charge < -0.3 is 0 Å². The van der Waals surface area contributed by atoms with E-state index in [2.05, 4.69) is 48.9 Å². The lowest BCUT2D eigenvalue weighted by Crippen LogP contribution is -2.56. The van der Waals surface area contributed by atoms with Gasteiger partial charge in [-0.15, -0.1) is 0 Å². The zero-order valence-electron chi connectivity index (χ0n) is 11.2. The summed E-state index contributed by atoms with van der Waals surface area (Å²) in [6.07, 6.45) is 0. The molecule has 0 aromatic carbocycles. The molecule has 1 rings (SSSR count). The second kappa shape index (κ2) is 9.63.